The van der Waals surface area contributed by atoms with Crippen molar-refractivity contribution in [1.82, 2.24) is 0 Å². The number of carbonyl (C=O) groups is 2. The zero-order valence-corrected chi connectivity index (χ0v) is 23.8. The Bertz CT molecular complexity index is 1530. The molecule has 42 heavy (non-hydrogen) atoms. The number of hydrogen-bond donors (Lipinski definition) is 1. The number of nitro groups is 1. The minimum absolute atomic E-state index is 0.0190. The minimum atomic E-state index is -0.455. The van der Waals surface area contributed by atoms with E-state index >= 15 is 0 Å². The zero-order chi connectivity index (χ0) is 29.8. The number of hydrogen-bond acceptors (Lipinski definition) is 7. The number of allylic oxidation sites excluding steroid dienone is 4. The molecule has 8 bridgehead atoms. The van der Waals surface area contributed by atoms with Crippen LogP contribution in [-0.4, -0.2) is 34.8 Å². The van der Waals surface area contributed by atoms with Crippen LogP contribution < -0.4 is 9.47 Å². The first-order valence-corrected chi connectivity index (χ1v) is 14.2. The number of rotatable bonds is 7. The first-order valence-electron chi connectivity index (χ1n) is 14.2. The summed E-state index contributed by atoms with van der Waals surface area (Å²) in [5, 5.41) is 23.4. The number of ether oxygens (including phenoxy) is 2. The van der Waals surface area contributed by atoms with Gasteiger partial charge in [-0.1, -0.05) is 50.2 Å². The van der Waals surface area contributed by atoms with Gasteiger partial charge in [0.05, 0.1) is 18.1 Å². The Kier molecular flexibility index (Phi) is 8.52. The molecule has 8 nitrogen and oxygen atoms in total. The van der Waals surface area contributed by atoms with E-state index in [0.29, 0.717) is 47.0 Å². The van der Waals surface area contributed by atoms with Crippen molar-refractivity contribution in [3.63, 3.8) is 0 Å². The summed E-state index contributed by atoms with van der Waals surface area (Å²) in [7, 11) is 0. The van der Waals surface area contributed by atoms with Gasteiger partial charge in [0.15, 0.2) is 11.6 Å². The van der Waals surface area contributed by atoms with Crippen LogP contribution in [0.15, 0.2) is 71.8 Å². The molecular weight excluding hydrogens is 534 g/mol. The van der Waals surface area contributed by atoms with E-state index in [2.05, 4.69) is 0 Å². The number of nitrogens with zero attached hydrogens (tertiary/aromatic N) is 1. The third-order valence-electron chi connectivity index (χ3n) is 7.46. The summed E-state index contributed by atoms with van der Waals surface area (Å²) < 4.78 is 12.3. The van der Waals surface area contributed by atoms with Crippen molar-refractivity contribution in [1.29, 1.82) is 0 Å². The van der Waals surface area contributed by atoms with E-state index in [0.717, 1.165) is 35.1 Å². The predicted octanol–water partition coefficient (Wildman–Crippen LogP) is 6.16. The SMILES string of the molecule is CCCOc1c2cccc1Cc1cc([N+](=O)[O-])cc(c1O)Cc1cccc(c1OCCC)CC1=CC(=O)C=C(C2)C1=O. The minimum Gasteiger partial charge on any atom is -0.507 e. The molecule has 3 aromatic rings. The Morgan fingerprint density at radius 1 is 0.738 bits per heavy atom. The number of para-hydroxylation sites is 2. The highest BCUT2D eigenvalue weighted by Gasteiger charge is 2.27. The van der Waals surface area contributed by atoms with Crippen molar-refractivity contribution in [3.05, 3.63) is 115 Å². The number of phenols is 1. The van der Waals surface area contributed by atoms with Crippen LogP contribution in [-0.2, 0) is 35.3 Å². The van der Waals surface area contributed by atoms with E-state index in [1.807, 2.05) is 50.2 Å². The van der Waals surface area contributed by atoms with Crippen molar-refractivity contribution in [2.45, 2.75) is 52.4 Å². The fourth-order valence-corrected chi connectivity index (χ4v) is 5.53. The summed E-state index contributed by atoms with van der Waals surface area (Å²) in [5.41, 5.74) is 4.29. The summed E-state index contributed by atoms with van der Waals surface area (Å²) >= 11 is 0. The Labute approximate surface area is 244 Å². The average molecular weight is 568 g/mol. The first kappa shape index (κ1) is 28.8. The molecule has 0 fully saturated rings. The van der Waals surface area contributed by atoms with Gasteiger partial charge in [0.2, 0.25) is 0 Å². The van der Waals surface area contributed by atoms with Gasteiger partial charge < -0.3 is 14.6 Å². The van der Waals surface area contributed by atoms with Gasteiger partial charge in [0.25, 0.3) is 5.69 Å². The zero-order valence-electron chi connectivity index (χ0n) is 23.8. The molecule has 0 heterocycles. The fraction of sp³-hybridized carbons (Fsp3) is 0.294. The van der Waals surface area contributed by atoms with E-state index in [-0.39, 0.29) is 48.7 Å². The second kappa shape index (κ2) is 12.4. The molecule has 0 amide bonds. The van der Waals surface area contributed by atoms with Crippen LogP contribution in [0.2, 0.25) is 0 Å². The first-order chi connectivity index (χ1) is 20.3. The second-order valence-electron chi connectivity index (χ2n) is 10.7. The molecule has 0 saturated carbocycles. The number of benzene rings is 3. The molecule has 8 heteroatoms. The van der Waals surface area contributed by atoms with Gasteiger partial charge in [-0.2, -0.15) is 0 Å². The van der Waals surface area contributed by atoms with E-state index in [1.54, 1.807) is 0 Å². The van der Waals surface area contributed by atoms with Crippen LogP contribution in [0.5, 0.6) is 17.2 Å². The van der Waals surface area contributed by atoms with Gasteiger partial charge in [-0.25, -0.2) is 0 Å². The number of fused-ring (bicyclic) bond motifs is 8. The molecule has 0 aliphatic heterocycles. The van der Waals surface area contributed by atoms with Crippen molar-refractivity contribution in [2.75, 3.05) is 13.2 Å². The molecule has 0 aromatic heterocycles. The topological polar surface area (TPSA) is 116 Å². The van der Waals surface area contributed by atoms with Crippen molar-refractivity contribution in [2.24, 2.45) is 0 Å². The molecular formula is C34H33NO7. The number of phenolic OH excluding ortho intramolecular Hbond substituents is 1. The quantitative estimate of drug-likeness (QED) is 0.206. The van der Waals surface area contributed by atoms with Gasteiger partial charge >= 0.3 is 0 Å². The summed E-state index contributed by atoms with van der Waals surface area (Å²) in [4.78, 5) is 38.0. The largest absolute Gasteiger partial charge is 0.507 e. The molecule has 0 spiro atoms. The van der Waals surface area contributed by atoms with Crippen LogP contribution in [0, 0.1) is 10.1 Å². The van der Waals surface area contributed by atoms with Crippen LogP contribution >= 0.6 is 0 Å². The molecule has 5 rings (SSSR count). The highest BCUT2D eigenvalue weighted by molar-refractivity contribution is 6.20. The highest BCUT2D eigenvalue weighted by atomic mass is 16.6. The van der Waals surface area contributed by atoms with E-state index < -0.39 is 4.92 Å². The number of non-ortho nitro benzene ring substituents is 1. The summed E-state index contributed by atoms with van der Waals surface area (Å²) in [6, 6.07) is 13.9. The Hall–Kier alpha value is -4.72. The maximum Gasteiger partial charge on any atom is 0.270 e. The maximum absolute atomic E-state index is 13.7. The van der Waals surface area contributed by atoms with Crippen LogP contribution in [0.25, 0.3) is 0 Å². The van der Waals surface area contributed by atoms with Crippen LogP contribution in [0.4, 0.5) is 5.69 Å². The molecule has 2 aliphatic carbocycles. The standard InChI is InChI=1S/C34H33NO7/c1-3-11-41-33-21-7-5-9-23(33)15-27-19-30(36)20-28(32(27)38)16-24-10-6-8-22(34(24)42-12-4-2)14-26-18-29(35(39)40)17-25(13-21)31(26)37/h5-10,17-20,37H,3-4,11-16H2,1-2H3. The predicted molar refractivity (Wildman–Crippen MR) is 158 cm³/mol. The monoisotopic (exact) mass is 567 g/mol. The van der Waals surface area contributed by atoms with Crippen LogP contribution in [0.3, 0.4) is 0 Å². The lowest BCUT2D eigenvalue weighted by Gasteiger charge is -2.21. The number of Topliss-reactive ketones (excluding diaryl/α,β-unsaturated/α-hetero) is 1. The third-order valence-corrected chi connectivity index (χ3v) is 7.46. The van der Waals surface area contributed by atoms with Crippen LogP contribution in [0.1, 0.15) is 60.1 Å². The van der Waals surface area contributed by atoms with Crippen molar-refractivity contribution >= 4 is 17.3 Å². The summed E-state index contributed by atoms with van der Waals surface area (Å²) in [6.07, 6.45) is 4.96. The lowest BCUT2D eigenvalue weighted by molar-refractivity contribution is -0.385. The molecule has 2 aliphatic rings. The third kappa shape index (κ3) is 5.98. The van der Waals surface area contributed by atoms with Crippen molar-refractivity contribution in [3.8, 4) is 17.2 Å². The van der Waals surface area contributed by atoms with Gasteiger partial charge in [-0.15, -0.1) is 0 Å². The lowest BCUT2D eigenvalue weighted by atomic mass is 9.86. The summed E-state index contributed by atoms with van der Waals surface area (Å²) in [5.74, 6) is 0.647. The smallest absolute Gasteiger partial charge is 0.270 e. The lowest BCUT2D eigenvalue weighted by Crippen LogP contribution is -2.18. The average Bonchev–Trinajstić information content (AvgIpc) is 2.96. The summed E-state index contributed by atoms with van der Waals surface area (Å²) in [6.45, 7) is 4.80. The molecule has 1 N–H and O–H groups in total. The number of ketones is 2. The van der Waals surface area contributed by atoms with Gasteiger partial charge in [-0.3, -0.25) is 19.7 Å². The molecule has 216 valence electrons. The Morgan fingerprint density at radius 3 is 1.57 bits per heavy atom. The van der Waals surface area contributed by atoms with Crippen molar-refractivity contribution < 1.29 is 29.1 Å². The van der Waals surface area contributed by atoms with Gasteiger partial charge in [0, 0.05) is 60.1 Å². The van der Waals surface area contributed by atoms with E-state index in [9.17, 15) is 24.8 Å². The van der Waals surface area contributed by atoms with E-state index in [1.165, 1.54) is 24.3 Å². The van der Waals surface area contributed by atoms with Gasteiger partial charge in [0.1, 0.15) is 17.2 Å². The maximum atomic E-state index is 13.7. The molecule has 0 radical (unpaired) electrons. The highest BCUT2D eigenvalue weighted by Crippen LogP contribution is 2.38. The molecule has 0 unspecified atom stereocenters. The Morgan fingerprint density at radius 2 is 1.17 bits per heavy atom. The van der Waals surface area contributed by atoms with Gasteiger partial charge in [-0.05, 0) is 47.2 Å². The Balaban J connectivity index is 1.74. The molecule has 0 atom stereocenters. The molecule has 3 aromatic carbocycles. The fourth-order valence-electron chi connectivity index (χ4n) is 5.53. The normalized spacial score (nSPS) is 14.6. The molecule has 0 saturated heterocycles. The second-order valence-corrected chi connectivity index (χ2v) is 10.7. The number of carbonyl (C=O) groups excluding carboxylic acids is 2. The number of nitro benzene ring substituents is 1. The number of aromatic hydroxyl groups is 1. The van der Waals surface area contributed by atoms with E-state index in [4.69, 9.17) is 9.47 Å².